The highest BCUT2D eigenvalue weighted by Crippen LogP contribution is 2.29. The fraction of sp³-hybridized carbons (Fsp3) is 0.500. The second kappa shape index (κ2) is 4.84. The fourth-order valence-electron chi connectivity index (χ4n) is 1.87. The van der Waals surface area contributed by atoms with Crippen LogP contribution in [-0.2, 0) is 9.53 Å². The smallest absolute Gasteiger partial charge is 0.351 e. The minimum Gasteiger partial charge on any atom is -0.388 e. The van der Waals surface area contributed by atoms with E-state index in [-0.39, 0.29) is 12.2 Å². The van der Waals surface area contributed by atoms with Crippen LogP contribution in [0.4, 0.5) is 5.82 Å². The van der Waals surface area contributed by atoms with Crippen molar-refractivity contribution >= 4 is 12.1 Å². The third kappa shape index (κ3) is 2.13. The molecular weight excluding hydrogens is 242 g/mol. The lowest BCUT2D eigenvalue weighted by molar-refractivity contribution is -0.112. The molecule has 1 fully saturated rings. The molecular formula is C10H13N3O5. The van der Waals surface area contributed by atoms with Gasteiger partial charge in [0.2, 0.25) is 0 Å². The van der Waals surface area contributed by atoms with E-state index in [1.165, 1.54) is 12.3 Å². The van der Waals surface area contributed by atoms with Crippen LogP contribution in [-0.4, -0.2) is 44.4 Å². The average Bonchev–Trinajstić information content (AvgIpc) is 2.58. The summed E-state index contributed by atoms with van der Waals surface area (Å²) in [6, 6.07) is 1.37. The number of ether oxygens (including phenoxy) is 1. The number of nitrogen functional groups attached to an aromatic ring is 1. The SMILES string of the molecule is Nc1ccn(C2OC(CC=O)C(O)C2O)c(=O)n1. The highest BCUT2D eigenvalue weighted by atomic mass is 16.6. The van der Waals surface area contributed by atoms with Gasteiger partial charge in [-0.25, -0.2) is 4.79 Å². The summed E-state index contributed by atoms with van der Waals surface area (Å²) < 4.78 is 6.31. The molecule has 1 aromatic rings. The standard InChI is InChI=1S/C10H13N3O5/c11-6-1-3-13(10(17)12-6)9-8(16)7(15)5(18-9)2-4-14/h1,3-5,7-9,15-16H,2H2,(H2,11,12,17). The Morgan fingerprint density at radius 1 is 1.50 bits per heavy atom. The molecule has 0 spiro atoms. The predicted molar refractivity (Wildman–Crippen MR) is 59.5 cm³/mol. The predicted octanol–water partition coefficient (Wildman–Crippen LogP) is -1.97. The van der Waals surface area contributed by atoms with Gasteiger partial charge in [-0.2, -0.15) is 4.98 Å². The van der Waals surface area contributed by atoms with Gasteiger partial charge in [-0.3, -0.25) is 4.57 Å². The van der Waals surface area contributed by atoms with E-state index in [0.717, 1.165) is 4.57 Å². The van der Waals surface area contributed by atoms with Gasteiger partial charge >= 0.3 is 5.69 Å². The quantitative estimate of drug-likeness (QED) is 0.534. The zero-order valence-electron chi connectivity index (χ0n) is 9.34. The third-order valence-electron chi connectivity index (χ3n) is 2.79. The first kappa shape index (κ1) is 12.7. The van der Waals surface area contributed by atoms with E-state index >= 15 is 0 Å². The lowest BCUT2D eigenvalue weighted by Gasteiger charge is -2.16. The molecule has 2 rings (SSSR count). The van der Waals surface area contributed by atoms with Crippen LogP contribution in [0.3, 0.4) is 0 Å². The van der Waals surface area contributed by atoms with Crippen molar-refractivity contribution in [2.75, 3.05) is 5.73 Å². The van der Waals surface area contributed by atoms with Gasteiger partial charge in [-0.05, 0) is 6.07 Å². The topological polar surface area (TPSA) is 128 Å². The molecule has 4 N–H and O–H groups in total. The molecule has 8 heteroatoms. The Bertz CT molecular complexity index is 503. The molecule has 4 atom stereocenters. The first-order valence-corrected chi connectivity index (χ1v) is 5.34. The number of hydrogen-bond acceptors (Lipinski definition) is 7. The van der Waals surface area contributed by atoms with Crippen LogP contribution in [0.15, 0.2) is 17.1 Å². The average molecular weight is 255 g/mol. The lowest BCUT2D eigenvalue weighted by Crippen LogP contribution is -2.35. The summed E-state index contributed by atoms with van der Waals surface area (Å²) >= 11 is 0. The minimum atomic E-state index is -1.31. The summed E-state index contributed by atoms with van der Waals surface area (Å²) in [5.41, 5.74) is 4.64. The van der Waals surface area contributed by atoms with Crippen LogP contribution in [0.25, 0.3) is 0 Å². The van der Waals surface area contributed by atoms with E-state index in [2.05, 4.69) is 4.98 Å². The van der Waals surface area contributed by atoms with Gasteiger partial charge in [0, 0.05) is 12.6 Å². The van der Waals surface area contributed by atoms with E-state index in [1.54, 1.807) is 0 Å². The van der Waals surface area contributed by atoms with Crippen molar-refractivity contribution in [1.82, 2.24) is 9.55 Å². The second-order valence-corrected chi connectivity index (χ2v) is 3.99. The first-order valence-electron chi connectivity index (χ1n) is 5.34. The van der Waals surface area contributed by atoms with Crippen LogP contribution in [0.2, 0.25) is 0 Å². The summed E-state index contributed by atoms with van der Waals surface area (Å²) in [4.78, 5) is 25.5. The van der Waals surface area contributed by atoms with E-state index in [0.29, 0.717) is 6.29 Å². The van der Waals surface area contributed by atoms with Gasteiger partial charge in [0.05, 0.1) is 6.10 Å². The fourth-order valence-corrected chi connectivity index (χ4v) is 1.87. The number of hydrogen-bond donors (Lipinski definition) is 3. The van der Waals surface area contributed by atoms with E-state index < -0.39 is 30.2 Å². The van der Waals surface area contributed by atoms with Gasteiger partial charge in [-0.15, -0.1) is 0 Å². The first-order chi connectivity index (χ1) is 8.54. The molecule has 98 valence electrons. The number of aliphatic hydroxyl groups is 2. The molecule has 2 heterocycles. The van der Waals surface area contributed by atoms with Gasteiger partial charge in [-0.1, -0.05) is 0 Å². The highest BCUT2D eigenvalue weighted by molar-refractivity contribution is 5.50. The van der Waals surface area contributed by atoms with Gasteiger partial charge in [0.15, 0.2) is 6.23 Å². The number of carbonyl (C=O) groups is 1. The maximum atomic E-state index is 11.6. The summed E-state index contributed by atoms with van der Waals surface area (Å²) in [6.07, 6.45) is -2.63. The zero-order chi connectivity index (χ0) is 13.3. The number of aldehydes is 1. The lowest BCUT2D eigenvalue weighted by atomic mass is 10.1. The van der Waals surface area contributed by atoms with Crippen molar-refractivity contribution in [3.05, 3.63) is 22.7 Å². The van der Waals surface area contributed by atoms with Crippen LogP contribution in [0.1, 0.15) is 12.6 Å². The molecule has 0 saturated carbocycles. The molecule has 1 aromatic heterocycles. The molecule has 4 unspecified atom stereocenters. The Morgan fingerprint density at radius 3 is 2.83 bits per heavy atom. The molecule has 1 aliphatic rings. The number of carbonyl (C=O) groups excluding carboxylic acids is 1. The molecule has 18 heavy (non-hydrogen) atoms. The Kier molecular flexibility index (Phi) is 3.41. The zero-order valence-corrected chi connectivity index (χ0v) is 9.34. The molecule has 8 nitrogen and oxygen atoms in total. The maximum absolute atomic E-state index is 11.6. The van der Waals surface area contributed by atoms with Crippen molar-refractivity contribution in [3.63, 3.8) is 0 Å². The van der Waals surface area contributed by atoms with Gasteiger partial charge in [0.25, 0.3) is 0 Å². The summed E-state index contributed by atoms with van der Waals surface area (Å²) in [5, 5.41) is 19.5. The monoisotopic (exact) mass is 255 g/mol. The van der Waals surface area contributed by atoms with Crippen LogP contribution < -0.4 is 11.4 Å². The van der Waals surface area contributed by atoms with Gasteiger partial charge in [0.1, 0.15) is 24.3 Å². The van der Waals surface area contributed by atoms with Crippen molar-refractivity contribution in [2.45, 2.75) is 31.0 Å². The number of aromatic nitrogens is 2. The Balaban J connectivity index is 2.29. The molecule has 0 aromatic carbocycles. The van der Waals surface area contributed by atoms with Crippen molar-refractivity contribution < 1.29 is 19.7 Å². The maximum Gasteiger partial charge on any atom is 0.351 e. The van der Waals surface area contributed by atoms with Gasteiger partial charge < -0.3 is 25.5 Å². The normalized spacial score (nSPS) is 31.4. The number of nitrogens with zero attached hydrogens (tertiary/aromatic N) is 2. The minimum absolute atomic E-state index is 0.0497. The molecule has 0 radical (unpaired) electrons. The van der Waals surface area contributed by atoms with E-state index in [4.69, 9.17) is 10.5 Å². The number of rotatable bonds is 3. The Hall–Kier alpha value is -1.77. The highest BCUT2D eigenvalue weighted by Gasteiger charge is 2.43. The summed E-state index contributed by atoms with van der Waals surface area (Å²) in [5.74, 6) is 0.0497. The van der Waals surface area contributed by atoms with Crippen molar-refractivity contribution in [3.8, 4) is 0 Å². The van der Waals surface area contributed by atoms with Crippen LogP contribution in [0, 0.1) is 0 Å². The largest absolute Gasteiger partial charge is 0.388 e. The molecule has 1 aliphatic heterocycles. The third-order valence-corrected chi connectivity index (χ3v) is 2.79. The molecule has 0 bridgehead atoms. The number of aliphatic hydroxyl groups excluding tert-OH is 2. The summed E-state index contributed by atoms with van der Waals surface area (Å²) in [6.45, 7) is 0. The van der Waals surface area contributed by atoms with E-state index in [1.807, 2.05) is 0 Å². The molecule has 1 saturated heterocycles. The Labute approximate surface area is 102 Å². The van der Waals surface area contributed by atoms with Crippen LogP contribution >= 0.6 is 0 Å². The van der Waals surface area contributed by atoms with Crippen LogP contribution in [0.5, 0.6) is 0 Å². The molecule has 0 amide bonds. The number of anilines is 1. The van der Waals surface area contributed by atoms with E-state index in [9.17, 15) is 19.8 Å². The van der Waals surface area contributed by atoms with Crippen molar-refractivity contribution in [2.24, 2.45) is 0 Å². The van der Waals surface area contributed by atoms with Crippen molar-refractivity contribution in [1.29, 1.82) is 0 Å². The summed E-state index contributed by atoms with van der Waals surface area (Å²) in [7, 11) is 0. The second-order valence-electron chi connectivity index (χ2n) is 3.99. The Morgan fingerprint density at radius 2 is 2.22 bits per heavy atom. The molecule has 0 aliphatic carbocycles. The number of nitrogens with two attached hydrogens (primary N) is 1.